The molecule has 2 amide bonds. The molecule has 0 bridgehead atoms. The summed E-state index contributed by atoms with van der Waals surface area (Å²) >= 11 is 6.25. The van der Waals surface area contributed by atoms with Crippen molar-refractivity contribution >= 4 is 39.1 Å². The van der Waals surface area contributed by atoms with Crippen molar-refractivity contribution in [1.29, 1.82) is 0 Å². The van der Waals surface area contributed by atoms with Crippen LogP contribution in [-0.2, 0) is 32.6 Å². The van der Waals surface area contributed by atoms with E-state index in [0.29, 0.717) is 17.3 Å². The van der Waals surface area contributed by atoms with Crippen LogP contribution in [0.25, 0.3) is 0 Å². The summed E-state index contributed by atoms with van der Waals surface area (Å²) < 4.78 is 27.2. The van der Waals surface area contributed by atoms with Gasteiger partial charge in [-0.05, 0) is 54.2 Å². The summed E-state index contributed by atoms with van der Waals surface area (Å²) in [7, 11) is -3.83. The van der Waals surface area contributed by atoms with E-state index in [9.17, 15) is 18.0 Å². The van der Waals surface area contributed by atoms with Crippen LogP contribution in [0, 0.1) is 19.8 Å². The Morgan fingerprint density at radius 1 is 0.900 bits per heavy atom. The van der Waals surface area contributed by atoms with Crippen molar-refractivity contribution < 1.29 is 18.0 Å². The Morgan fingerprint density at radius 2 is 1.50 bits per heavy atom. The number of aryl methyl sites for hydroxylation is 2. The summed E-state index contributed by atoms with van der Waals surface area (Å²) in [6.45, 7) is 7.69. The van der Waals surface area contributed by atoms with Crippen molar-refractivity contribution in [3.8, 4) is 0 Å². The molecule has 0 spiro atoms. The highest BCUT2D eigenvalue weighted by molar-refractivity contribution is 7.92. The van der Waals surface area contributed by atoms with Crippen LogP contribution in [-0.4, -0.2) is 50.5 Å². The molecule has 1 atom stereocenters. The first-order valence-corrected chi connectivity index (χ1v) is 15.5. The van der Waals surface area contributed by atoms with E-state index in [-0.39, 0.29) is 24.8 Å². The van der Waals surface area contributed by atoms with Crippen molar-refractivity contribution in [3.05, 3.63) is 100 Å². The number of benzene rings is 3. The minimum atomic E-state index is -3.83. The molecule has 0 heterocycles. The highest BCUT2D eigenvalue weighted by atomic mass is 35.5. The molecule has 1 unspecified atom stereocenters. The third-order valence-corrected chi connectivity index (χ3v) is 7.91. The number of carbonyl (C=O) groups is 2. The van der Waals surface area contributed by atoms with Crippen molar-refractivity contribution in [2.24, 2.45) is 5.92 Å². The van der Waals surface area contributed by atoms with E-state index in [0.717, 1.165) is 32.8 Å². The van der Waals surface area contributed by atoms with E-state index in [2.05, 4.69) is 5.32 Å². The number of halogens is 1. The minimum absolute atomic E-state index is 0.0797. The topological polar surface area (TPSA) is 86.8 Å². The zero-order chi connectivity index (χ0) is 29.4. The summed E-state index contributed by atoms with van der Waals surface area (Å²) in [6, 6.07) is 21.1. The fraction of sp³-hybridized carbons (Fsp3) is 0.355. The van der Waals surface area contributed by atoms with Crippen LogP contribution in [0.1, 0.15) is 36.1 Å². The third kappa shape index (κ3) is 8.57. The lowest BCUT2D eigenvalue weighted by Gasteiger charge is -2.34. The second-order valence-corrected chi connectivity index (χ2v) is 12.8. The van der Waals surface area contributed by atoms with Gasteiger partial charge in [0, 0.05) is 24.5 Å². The van der Waals surface area contributed by atoms with Crippen LogP contribution in [0.2, 0.25) is 5.02 Å². The highest BCUT2D eigenvalue weighted by Crippen LogP contribution is 2.27. The van der Waals surface area contributed by atoms with E-state index in [4.69, 9.17) is 11.6 Å². The molecule has 0 saturated heterocycles. The number of carbonyl (C=O) groups excluding carboxylic acids is 2. The van der Waals surface area contributed by atoms with E-state index < -0.39 is 28.5 Å². The first-order chi connectivity index (χ1) is 18.9. The lowest BCUT2D eigenvalue weighted by atomic mass is 10.0. The number of hydrogen-bond donors (Lipinski definition) is 1. The molecule has 0 aliphatic carbocycles. The second kappa shape index (κ2) is 13.8. The average Bonchev–Trinajstić information content (AvgIpc) is 2.88. The van der Waals surface area contributed by atoms with Gasteiger partial charge in [-0.3, -0.25) is 13.9 Å². The average molecular weight is 584 g/mol. The van der Waals surface area contributed by atoms with Gasteiger partial charge in [-0.15, -0.1) is 0 Å². The number of nitrogens with zero attached hydrogens (tertiary/aromatic N) is 2. The molecule has 0 fully saturated rings. The fourth-order valence-electron chi connectivity index (χ4n) is 4.58. The molecular formula is C31H38ClN3O4S. The fourth-order valence-corrected chi connectivity index (χ4v) is 5.76. The van der Waals surface area contributed by atoms with Crippen molar-refractivity contribution in [3.63, 3.8) is 0 Å². The van der Waals surface area contributed by atoms with E-state index in [1.165, 1.54) is 4.90 Å². The van der Waals surface area contributed by atoms with Crippen LogP contribution in [0.3, 0.4) is 0 Å². The van der Waals surface area contributed by atoms with Crippen LogP contribution in [0.15, 0.2) is 72.8 Å². The van der Waals surface area contributed by atoms with Crippen molar-refractivity contribution in [2.45, 2.75) is 46.7 Å². The Bertz CT molecular complexity index is 1410. The maximum atomic E-state index is 14.2. The van der Waals surface area contributed by atoms with Crippen LogP contribution in [0.4, 0.5) is 5.69 Å². The maximum absolute atomic E-state index is 14.2. The van der Waals surface area contributed by atoms with Crippen molar-refractivity contribution in [1.82, 2.24) is 10.2 Å². The molecule has 40 heavy (non-hydrogen) atoms. The first-order valence-electron chi connectivity index (χ1n) is 13.3. The molecule has 0 aromatic heterocycles. The number of amides is 2. The Morgan fingerprint density at radius 3 is 2.08 bits per heavy atom. The number of hydrogen-bond acceptors (Lipinski definition) is 4. The van der Waals surface area contributed by atoms with Crippen LogP contribution < -0.4 is 9.62 Å². The number of anilines is 1. The lowest BCUT2D eigenvalue weighted by molar-refractivity contribution is -0.140. The van der Waals surface area contributed by atoms with E-state index in [1.807, 2.05) is 82.3 Å². The van der Waals surface area contributed by atoms with Gasteiger partial charge < -0.3 is 10.2 Å². The quantitative estimate of drug-likeness (QED) is 0.320. The normalized spacial score (nSPS) is 12.2. The molecule has 9 heteroatoms. The predicted molar refractivity (Wildman–Crippen MR) is 162 cm³/mol. The van der Waals surface area contributed by atoms with Gasteiger partial charge in [-0.2, -0.15) is 0 Å². The molecule has 3 aromatic carbocycles. The number of nitrogens with one attached hydrogen (secondary N) is 1. The van der Waals surface area contributed by atoms with Crippen LogP contribution in [0.5, 0.6) is 0 Å². The van der Waals surface area contributed by atoms with E-state index >= 15 is 0 Å². The van der Waals surface area contributed by atoms with Gasteiger partial charge in [0.1, 0.15) is 12.6 Å². The molecule has 7 nitrogen and oxygen atoms in total. The van der Waals surface area contributed by atoms with Gasteiger partial charge in [0.15, 0.2) is 0 Å². The van der Waals surface area contributed by atoms with Gasteiger partial charge in [0.25, 0.3) is 0 Å². The summed E-state index contributed by atoms with van der Waals surface area (Å²) in [6.07, 6.45) is 1.35. The van der Waals surface area contributed by atoms with Gasteiger partial charge in [-0.25, -0.2) is 8.42 Å². The van der Waals surface area contributed by atoms with E-state index in [1.54, 1.807) is 18.2 Å². The van der Waals surface area contributed by atoms with Gasteiger partial charge >= 0.3 is 0 Å². The SMILES string of the molecule is Cc1cccc(C)c1N(CC(=O)N(Cc1cccc(Cl)c1)C(Cc1ccccc1)C(=O)NCC(C)C)S(C)(=O)=O. The Kier molecular flexibility index (Phi) is 10.8. The largest absolute Gasteiger partial charge is 0.354 e. The lowest BCUT2D eigenvalue weighted by Crippen LogP contribution is -2.53. The minimum Gasteiger partial charge on any atom is -0.354 e. The smallest absolute Gasteiger partial charge is 0.244 e. The maximum Gasteiger partial charge on any atom is 0.244 e. The molecule has 1 N–H and O–H groups in total. The number of sulfonamides is 1. The Balaban J connectivity index is 2.08. The molecule has 3 aromatic rings. The van der Waals surface area contributed by atoms with Crippen LogP contribution >= 0.6 is 11.6 Å². The molecule has 0 saturated carbocycles. The molecule has 3 rings (SSSR count). The monoisotopic (exact) mass is 583 g/mol. The summed E-state index contributed by atoms with van der Waals surface area (Å²) in [5.41, 5.74) is 3.54. The number of para-hydroxylation sites is 1. The predicted octanol–water partition coefficient (Wildman–Crippen LogP) is 5.14. The summed E-state index contributed by atoms with van der Waals surface area (Å²) in [4.78, 5) is 29.3. The summed E-state index contributed by atoms with van der Waals surface area (Å²) in [5, 5.41) is 3.48. The zero-order valence-corrected chi connectivity index (χ0v) is 25.3. The third-order valence-electron chi connectivity index (χ3n) is 6.57. The highest BCUT2D eigenvalue weighted by Gasteiger charge is 2.33. The van der Waals surface area contributed by atoms with Gasteiger partial charge in [0.2, 0.25) is 21.8 Å². The summed E-state index contributed by atoms with van der Waals surface area (Å²) in [5.74, 6) is -0.581. The van der Waals surface area contributed by atoms with Gasteiger partial charge in [-0.1, -0.05) is 86.1 Å². The van der Waals surface area contributed by atoms with Gasteiger partial charge in [0.05, 0.1) is 11.9 Å². The first kappa shape index (κ1) is 31.2. The Hall–Kier alpha value is -3.36. The van der Waals surface area contributed by atoms with Crippen molar-refractivity contribution in [2.75, 3.05) is 23.7 Å². The Labute approximate surface area is 243 Å². The molecule has 214 valence electrons. The molecular weight excluding hydrogens is 546 g/mol. The second-order valence-electron chi connectivity index (χ2n) is 10.5. The standard InChI is InChI=1S/C31H38ClN3O4S/c1-22(2)19-33-31(37)28(18-25-13-7-6-8-14-25)34(20-26-15-10-16-27(32)17-26)29(36)21-35(40(5,38)39)30-23(3)11-9-12-24(30)4/h6-17,22,28H,18-21H2,1-5H3,(H,33,37). The zero-order valence-electron chi connectivity index (χ0n) is 23.7. The molecule has 0 radical (unpaired) electrons. The molecule has 0 aliphatic heterocycles. The molecule has 0 aliphatic rings. The number of rotatable bonds is 12.